The van der Waals surface area contributed by atoms with Gasteiger partial charge in [0.25, 0.3) is 11.1 Å². The van der Waals surface area contributed by atoms with E-state index in [0.29, 0.717) is 29.8 Å². The first-order chi connectivity index (χ1) is 24.2. The van der Waals surface area contributed by atoms with Crippen LogP contribution in [-0.2, 0) is 6.54 Å². The maximum Gasteiger partial charge on any atom is 0.261 e. The molecule has 4 nitrogen and oxygen atoms in total. The molecule has 2 aromatic heterocycles. The van der Waals surface area contributed by atoms with Crippen molar-refractivity contribution in [3.63, 3.8) is 0 Å². The Morgan fingerprint density at radius 3 is 1.86 bits per heavy atom. The van der Waals surface area contributed by atoms with Gasteiger partial charge in [0, 0.05) is 42.9 Å². The molecule has 2 heterocycles. The van der Waals surface area contributed by atoms with Gasteiger partial charge in [-0.3, -0.25) is 14.2 Å². The molecule has 5 rings (SSSR count). The molecule has 272 valence electrons. The number of hydrogen-bond donors (Lipinski definition) is 0. The first-order valence-corrected chi connectivity index (χ1v) is 20.9. The summed E-state index contributed by atoms with van der Waals surface area (Å²) in [6.07, 6.45) is 22.9. The molecule has 5 heteroatoms. The fourth-order valence-corrected chi connectivity index (χ4v) is 9.23. The highest BCUT2D eigenvalue weighted by Crippen LogP contribution is 2.44. The third-order valence-corrected chi connectivity index (χ3v) is 11.7. The van der Waals surface area contributed by atoms with Crippen LogP contribution in [0.4, 0.5) is 0 Å². The molecule has 0 amide bonds. The second-order valence-corrected chi connectivity index (χ2v) is 17.4. The summed E-state index contributed by atoms with van der Waals surface area (Å²) in [4.78, 5) is 28.0. The van der Waals surface area contributed by atoms with Crippen LogP contribution in [0.5, 0.6) is 5.75 Å². The van der Waals surface area contributed by atoms with Crippen LogP contribution in [0, 0.1) is 11.3 Å². The fourth-order valence-electron chi connectivity index (χ4n) is 8.13. The summed E-state index contributed by atoms with van der Waals surface area (Å²) in [5.41, 5.74) is -0.0640. The van der Waals surface area contributed by atoms with Crippen LogP contribution in [0.2, 0.25) is 0 Å². The van der Waals surface area contributed by atoms with Crippen LogP contribution >= 0.6 is 11.3 Å². The molecule has 0 spiro atoms. The lowest BCUT2D eigenvalue weighted by atomic mass is 9.84. The molecule has 0 saturated heterocycles. The molecule has 0 aliphatic carbocycles. The normalized spacial score (nSPS) is 13.0. The highest BCUT2D eigenvalue weighted by Gasteiger charge is 2.22. The number of aromatic nitrogens is 1. The van der Waals surface area contributed by atoms with Gasteiger partial charge in [0.1, 0.15) is 5.75 Å². The van der Waals surface area contributed by atoms with Crippen molar-refractivity contribution in [2.75, 3.05) is 6.61 Å². The maximum atomic E-state index is 14.1. The Balaban J connectivity index is 1.23. The van der Waals surface area contributed by atoms with Gasteiger partial charge in [0.2, 0.25) is 0 Å². The Kier molecular flexibility index (Phi) is 14.2. The summed E-state index contributed by atoms with van der Waals surface area (Å²) in [5.74, 6) is 1.29. The summed E-state index contributed by atoms with van der Waals surface area (Å²) in [6, 6.07) is 14.4. The van der Waals surface area contributed by atoms with Gasteiger partial charge in [-0.25, -0.2) is 0 Å². The Hall–Kier alpha value is -2.92. The molecule has 0 N–H and O–H groups in total. The van der Waals surface area contributed by atoms with Crippen molar-refractivity contribution in [1.82, 2.24) is 4.57 Å². The molecule has 0 radical (unpaired) electrons. The monoisotopic (exact) mass is 697 g/mol. The first kappa shape index (κ1) is 38.3. The molecule has 0 aliphatic rings. The Bertz CT molecular complexity index is 1910. The van der Waals surface area contributed by atoms with Gasteiger partial charge in [0.15, 0.2) is 0 Å². The molecule has 3 aromatic carbocycles. The topological polar surface area (TPSA) is 48.3 Å². The zero-order valence-electron chi connectivity index (χ0n) is 31.8. The second kappa shape index (κ2) is 18.5. The van der Waals surface area contributed by atoms with E-state index in [4.69, 9.17) is 4.74 Å². The number of fused-ring (bicyclic) bond motifs is 2. The molecule has 0 fully saturated rings. The number of benzene rings is 3. The van der Waals surface area contributed by atoms with Gasteiger partial charge < -0.3 is 4.74 Å². The van der Waals surface area contributed by atoms with Crippen molar-refractivity contribution in [2.24, 2.45) is 11.3 Å². The fraction of sp³-hybridized carbons (Fsp3) is 0.600. The number of hydrogen-bond acceptors (Lipinski definition) is 4. The predicted molar refractivity (Wildman–Crippen MR) is 219 cm³/mol. The zero-order valence-corrected chi connectivity index (χ0v) is 32.7. The van der Waals surface area contributed by atoms with Crippen molar-refractivity contribution < 1.29 is 4.74 Å². The summed E-state index contributed by atoms with van der Waals surface area (Å²) in [6.45, 7) is 12.5. The number of unbranched alkanes of at least 4 members (excludes halogenated alkanes) is 15. The van der Waals surface area contributed by atoms with E-state index in [1.807, 2.05) is 12.1 Å². The van der Waals surface area contributed by atoms with Gasteiger partial charge in [-0.2, -0.15) is 0 Å². The highest BCUT2D eigenvalue weighted by atomic mass is 32.1. The van der Waals surface area contributed by atoms with Gasteiger partial charge >= 0.3 is 0 Å². The molecular weight excluding hydrogens is 635 g/mol. The second-order valence-electron chi connectivity index (χ2n) is 16.3. The SMILES string of the molecule is CCCCCCCCCCCCCCCCCCn1c(=O)c2ccc3sc4ccccc4c4c(OCCC(C)CC(C)(C)C)cc(c1=O)c2c34. The van der Waals surface area contributed by atoms with E-state index in [2.05, 4.69) is 65.0 Å². The molecular formula is C45H63NO3S. The summed E-state index contributed by atoms with van der Waals surface area (Å²) in [5, 5.41) is 5.17. The Labute approximate surface area is 305 Å². The zero-order chi connectivity index (χ0) is 35.5. The van der Waals surface area contributed by atoms with Crippen LogP contribution in [0.3, 0.4) is 0 Å². The third kappa shape index (κ3) is 9.90. The average molecular weight is 698 g/mol. The first-order valence-electron chi connectivity index (χ1n) is 20.1. The van der Waals surface area contributed by atoms with Crippen molar-refractivity contribution in [3.8, 4) is 5.75 Å². The van der Waals surface area contributed by atoms with Crippen LogP contribution in [0.15, 0.2) is 52.1 Å². The smallest absolute Gasteiger partial charge is 0.261 e. The standard InChI is InChI=1S/C45H63NO3S/c1-6-7-8-9-10-11-12-13-14-15-16-17-18-19-20-23-29-46-43(47)35-26-27-39-42-40(35)36(44(46)48)31-37(49-30-28-33(2)32-45(3,4)5)41(42)34-24-21-22-25-38(34)50-39/h21-22,24-27,31,33H,6-20,23,28-30,32H2,1-5H3. The van der Waals surface area contributed by atoms with E-state index in [-0.39, 0.29) is 16.5 Å². The lowest BCUT2D eigenvalue weighted by Gasteiger charge is -2.23. The van der Waals surface area contributed by atoms with Crippen molar-refractivity contribution >= 4 is 53.1 Å². The number of pyridine rings is 1. The van der Waals surface area contributed by atoms with Crippen molar-refractivity contribution in [3.05, 3.63) is 63.2 Å². The Morgan fingerprint density at radius 2 is 1.24 bits per heavy atom. The minimum absolute atomic E-state index is 0.158. The maximum absolute atomic E-state index is 14.1. The average Bonchev–Trinajstić information content (AvgIpc) is 3.08. The van der Waals surface area contributed by atoms with Gasteiger partial charge in [-0.15, -0.1) is 11.3 Å². The molecule has 1 atom stereocenters. The lowest BCUT2D eigenvalue weighted by Crippen LogP contribution is -2.33. The van der Waals surface area contributed by atoms with E-state index in [1.54, 1.807) is 11.3 Å². The highest BCUT2D eigenvalue weighted by molar-refractivity contribution is 7.25. The largest absolute Gasteiger partial charge is 0.493 e. The molecule has 0 aliphatic heterocycles. The van der Waals surface area contributed by atoms with Crippen molar-refractivity contribution in [2.45, 2.75) is 157 Å². The molecule has 50 heavy (non-hydrogen) atoms. The van der Waals surface area contributed by atoms with Crippen LogP contribution in [0.25, 0.3) is 41.7 Å². The van der Waals surface area contributed by atoms with E-state index in [9.17, 15) is 9.59 Å². The molecule has 5 aromatic rings. The van der Waals surface area contributed by atoms with Crippen LogP contribution in [-0.4, -0.2) is 11.2 Å². The minimum atomic E-state index is -0.179. The summed E-state index contributed by atoms with van der Waals surface area (Å²) in [7, 11) is 0. The van der Waals surface area contributed by atoms with Gasteiger partial charge in [0.05, 0.1) is 12.0 Å². The molecule has 1 unspecified atom stereocenters. The van der Waals surface area contributed by atoms with Crippen LogP contribution < -0.4 is 15.9 Å². The van der Waals surface area contributed by atoms with E-state index in [0.717, 1.165) is 64.1 Å². The third-order valence-electron chi connectivity index (χ3n) is 10.6. The quantitative estimate of drug-likeness (QED) is 0.0411. The molecule has 0 saturated carbocycles. The number of nitrogens with zero attached hydrogens (tertiary/aromatic N) is 1. The number of ether oxygens (including phenoxy) is 1. The number of rotatable bonds is 22. The summed E-state index contributed by atoms with van der Waals surface area (Å²) >= 11 is 1.72. The lowest BCUT2D eigenvalue weighted by molar-refractivity contribution is 0.242. The predicted octanol–water partition coefficient (Wildman–Crippen LogP) is 13.4. The minimum Gasteiger partial charge on any atom is -0.493 e. The van der Waals surface area contributed by atoms with Gasteiger partial charge in [-0.05, 0) is 54.9 Å². The van der Waals surface area contributed by atoms with E-state index >= 15 is 0 Å². The van der Waals surface area contributed by atoms with Crippen LogP contribution in [0.1, 0.15) is 150 Å². The van der Waals surface area contributed by atoms with Crippen molar-refractivity contribution in [1.29, 1.82) is 0 Å². The Morgan fingerprint density at radius 1 is 0.660 bits per heavy atom. The van der Waals surface area contributed by atoms with E-state index < -0.39 is 0 Å². The molecule has 0 bridgehead atoms. The van der Waals surface area contributed by atoms with E-state index in [1.165, 1.54) is 92.7 Å². The summed E-state index contributed by atoms with van der Waals surface area (Å²) < 4.78 is 10.4. The van der Waals surface area contributed by atoms with Gasteiger partial charge in [-0.1, -0.05) is 149 Å².